The van der Waals surface area contributed by atoms with E-state index >= 15 is 0 Å². The molecule has 5 heteroatoms. The number of carbonyl (C=O) groups is 1. The minimum absolute atomic E-state index is 0.216. The molecule has 1 fully saturated rings. The summed E-state index contributed by atoms with van der Waals surface area (Å²) in [6.07, 6.45) is 2.80. The lowest BCUT2D eigenvalue weighted by Gasteiger charge is -2.11. The monoisotopic (exact) mass is 348 g/mol. The first-order valence-corrected chi connectivity index (χ1v) is 8.86. The summed E-state index contributed by atoms with van der Waals surface area (Å²) in [4.78, 5) is 20.8. The molecular formula is C21H20N2O3. The molecule has 0 saturated heterocycles. The van der Waals surface area contributed by atoms with Crippen LogP contribution in [0.5, 0.6) is 0 Å². The summed E-state index contributed by atoms with van der Waals surface area (Å²) in [6, 6.07) is 14.8. The highest BCUT2D eigenvalue weighted by Gasteiger charge is 2.35. The number of rotatable bonds is 6. The topological polar surface area (TPSA) is 83.3 Å². The number of hydrogen-bond donors (Lipinski definition) is 2. The highest BCUT2D eigenvalue weighted by Crippen LogP contribution is 2.41. The number of carboxylic acids is 1. The van der Waals surface area contributed by atoms with Crippen molar-refractivity contribution < 1.29 is 15.0 Å². The number of aromatic carboxylic acids is 1. The lowest BCUT2D eigenvalue weighted by atomic mass is 10.0. The van der Waals surface area contributed by atoms with E-state index in [0.717, 1.165) is 36.2 Å². The first-order valence-electron chi connectivity index (χ1n) is 8.86. The SMILES string of the molecule is O=C(O)c1ccc2nc(-c3ccccc3)c(CCC3CC3CO)nc2c1. The zero-order chi connectivity index (χ0) is 18.1. The molecule has 5 nitrogen and oxygen atoms in total. The molecule has 0 radical (unpaired) electrons. The summed E-state index contributed by atoms with van der Waals surface area (Å²) >= 11 is 0. The Kier molecular flexibility index (Phi) is 4.39. The minimum Gasteiger partial charge on any atom is -0.478 e. The smallest absolute Gasteiger partial charge is 0.335 e. The maximum Gasteiger partial charge on any atom is 0.335 e. The molecule has 1 aliphatic carbocycles. The Morgan fingerprint density at radius 2 is 1.85 bits per heavy atom. The quantitative estimate of drug-likeness (QED) is 0.712. The Bertz CT molecular complexity index is 956. The fraction of sp³-hybridized carbons (Fsp3) is 0.286. The largest absolute Gasteiger partial charge is 0.478 e. The van der Waals surface area contributed by atoms with E-state index in [9.17, 15) is 15.0 Å². The van der Waals surface area contributed by atoms with Gasteiger partial charge in [0.2, 0.25) is 0 Å². The summed E-state index contributed by atoms with van der Waals surface area (Å²) in [6.45, 7) is 0.252. The molecule has 1 aromatic heterocycles. The van der Waals surface area contributed by atoms with Crippen LogP contribution < -0.4 is 0 Å². The molecular weight excluding hydrogens is 328 g/mol. The van der Waals surface area contributed by atoms with Crippen molar-refractivity contribution in [2.75, 3.05) is 6.61 Å². The number of aliphatic hydroxyl groups is 1. The Morgan fingerprint density at radius 1 is 1.04 bits per heavy atom. The van der Waals surface area contributed by atoms with Crippen molar-refractivity contribution >= 4 is 17.0 Å². The van der Waals surface area contributed by atoms with Gasteiger partial charge in [0.05, 0.1) is 28.0 Å². The molecule has 132 valence electrons. The number of hydrogen-bond acceptors (Lipinski definition) is 4. The molecule has 1 aliphatic rings. The second kappa shape index (κ2) is 6.84. The molecule has 0 aliphatic heterocycles. The van der Waals surface area contributed by atoms with Crippen molar-refractivity contribution in [2.24, 2.45) is 11.8 Å². The Hall–Kier alpha value is -2.79. The number of nitrogens with zero attached hydrogens (tertiary/aromatic N) is 2. The lowest BCUT2D eigenvalue weighted by molar-refractivity contribution is 0.0697. The van der Waals surface area contributed by atoms with E-state index in [2.05, 4.69) is 0 Å². The van der Waals surface area contributed by atoms with E-state index in [0.29, 0.717) is 22.9 Å². The predicted molar refractivity (Wildman–Crippen MR) is 98.9 cm³/mol. The normalized spacial score (nSPS) is 18.8. The van der Waals surface area contributed by atoms with Gasteiger partial charge in [0, 0.05) is 12.2 Å². The Morgan fingerprint density at radius 3 is 2.54 bits per heavy atom. The van der Waals surface area contributed by atoms with Gasteiger partial charge < -0.3 is 10.2 Å². The molecule has 2 unspecified atom stereocenters. The van der Waals surface area contributed by atoms with E-state index in [1.807, 2.05) is 30.3 Å². The van der Waals surface area contributed by atoms with Crippen molar-refractivity contribution in [1.29, 1.82) is 0 Å². The van der Waals surface area contributed by atoms with Gasteiger partial charge in [0.1, 0.15) is 0 Å². The average molecular weight is 348 g/mol. The summed E-state index contributed by atoms with van der Waals surface area (Å²) < 4.78 is 0. The second-order valence-electron chi connectivity index (χ2n) is 6.87. The van der Waals surface area contributed by atoms with Gasteiger partial charge in [-0.1, -0.05) is 30.3 Å². The molecule has 0 bridgehead atoms. The molecule has 2 N–H and O–H groups in total. The van der Waals surface area contributed by atoms with Gasteiger partial charge in [0.25, 0.3) is 0 Å². The standard InChI is InChI=1S/C21H20N2O3/c24-12-16-10-14(16)6-9-18-20(13-4-2-1-3-5-13)23-17-8-7-15(21(25)26)11-19(17)22-18/h1-5,7-8,11,14,16,24H,6,9-10,12H2,(H,25,26). The molecule has 0 amide bonds. The number of aryl methyl sites for hydroxylation is 1. The highest BCUT2D eigenvalue weighted by molar-refractivity contribution is 5.92. The van der Waals surface area contributed by atoms with Crippen LogP contribution in [0.1, 0.15) is 28.9 Å². The molecule has 3 aromatic rings. The number of carboxylic acid groups (broad SMARTS) is 1. The maximum absolute atomic E-state index is 11.2. The van der Waals surface area contributed by atoms with Gasteiger partial charge in [-0.15, -0.1) is 0 Å². The van der Waals surface area contributed by atoms with Crippen molar-refractivity contribution in [3.8, 4) is 11.3 Å². The van der Waals surface area contributed by atoms with Crippen LogP contribution in [0.2, 0.25) is 0 Å². The molecule has 26 heavy (non-hydrogen) atoms. The third-order valence-corrected chi connectivity index (χ3v) is 5.09. The summed E-state index contributed by atoms with van der Waals surface area (Å²) in [7, 11) is 0. The number of benzene rings is 2. The average Bonchev–Trinajstić information content (AvgIpc) is 3.44. The summed E-state index contributed by atoms with van der Waals surface area (Å²) in [5.74, 6) is -0.000156. The van der Waals surface area contributed by atoms with Crippen LogP contribution in [0, 0.1) is 11.8 Å². The molecule has 2 aromatic carbocycles. The highest BCUT2D eigenvalue weighted by atomic mass is 16.4. The van der Waals surface area contributed by atoms with Gasteiger partial charge in [0.15, 0.2) is 0 Å². The van der Waals surface area contributed by atoms with E-state index in [1.165, 1.54) is 0 Å². The van der Waals surface area contributed by atoms with E-state index in [-0.39, 0.29) is 12.2 Å². The Labute approximate surface area is 151 Å². The third kappa shape index (κ3) is 3.30. The van der Waals surface area contributed by atoms with Crippen LogP contribution in [0.4, 0.5) is 0 Å². The van der Waals surface area contributed by atoms with Crippen molar-refractivity contribution in [3.05, 3.63) is 59.8 Å². The zero-order valence-corrected chi connectivity index (χ0v) is 14.3. The van der Waals surface area contributed by atoms with Crippen molar-refractivity contribution in [2.45, 2.75) is 19.3 Å². The third-order valence-electron chi connectivity index (χ3n) is 5.09. The fourth-order valence-corrected chi connectivity index (χ4v) is 3.43. The first kappa shape index (κ1) is 16.7. The molecule has 2 atom stereocenters. The van der Waals surface area contributed by atoms with Gasteiger partial charge in [-0.3, -0.25) is 0 Å². The number of aliphatic hydroxyl groups excluding tert-OH is 1. The molecule has 1 heterocycles. The predicted octanol–water partition coefficient (Wildman–Crippen LogP) is 3.56. The Balaban J connectivity index is 1.75. The summed E-state index contributed by atoms with van der Waals surface area (Å²) in [5.41, 5.74) is 4.25. The van der Waals surface area contributed by atoms with Gasteiger partial charge in [-0.2, -0.15) is 0 Å². The van der Waals surface area contributed by atoms with Crippen LogP contribution in [0.3, 0.4) is 0 Å². The van der Waals surface area contributed by atoms with E-state index < -0.39 is 5.97 Å². The van der Waals surface area contributed by atoms with Crippen LogP contribution in [-0.2, 0) is 6.42 Å². The second-order valence-corrected chi connectivity index (χ2v) is 6.87. The lowest BCUT2D eigenvalue weighted by Crippen LogP contribution is -2.02. The number of aromatic nitrogens is 2. The van der Waals surface area contributed by atoms with E-state index in [4.69, 9.17) is 9.97 Å². The van der Waals surface area contributed by atoms with Gasteiger partial charge in [-0.05, 0) is 49.3 Å². The van der Waals surface area contributed by atoms with Crippen LogP contribution in [0.25, 0.3) is 22.3 Å². The van der Waals surface area contributed by atoms with Crippen LogP contribution in [-0.4, -0.2) is 32.8 Å². The summed E-state index contributed by atoms with van der Waals surface area (Å²) in [5, 5.41) is 18.5. The fourth-order valence-electron chi connectivity index (χ4n) is 3.43. The maximum atomic E-state index is 11.2. The minimum atomic E-state index is -0.967. The van der Waals surface area contributed by atoms with Gasteiger partial charge >= 0.3 is 5.97 Å². The number of fused-ring (bicyclic) bond motifs is 1. The van der Waals surface area contributed by atoms with Gasteiger partial charge in [-0.25, -0.2) is 14.8 Å². The van der Waals surface area contributed by atoms with E-state index in [1.54, 1.807) is 18.2 Å². The zero-order valence-electron chi connectivity index (χ0n) is 14.3. The van der Waals surface area contributed by atoms with Crippen LogP contribution in [0.15, 0.2) is 48.5 Å². The van der Waals surface area contributed by atoms with Crippen molar-refractivity contribution in [3.63, 3.8) is 0 Å². The first-order chi connectivity index (χ1) is 12.7. The molecule has 1 saturated carbocycles. The molecule has 0 spiro atoms. The molecule has 4 rings (SSSR count). The van der Waals surface area contributed by atoms with Crippen molar-refractivity contribution in [1.82, 2.24) is 9.97 Å². The van der Waals surface area contributed by atoms with Crippen LogP contribution >= 0.6 is 0 Å².